The summed E-state index contributed by atoms with van der Waals surface area (Å²) in [7, 11) is 1.47. The van der Waals surface area contributed by atoms with Crippen molar-refractivity contribution in [1.82, 2.24) is 0 Å². The van der Waals surface area contributed by atoms with Gasteiger partial charge in [0, 0.05) is 0 Å². The predicted octanol–water partition coefficient (Wildman–Crippen LogP) is 2.65. The molecule has 0 bridgehead atoms. The first-order chi connectivity index (χ1) is 9.56. The number of carbonyl (C=O) groups excluding carboxylic acids is 2. The zero-order chi connectivity index (χ0) is 15.0. The molecule has 0 spiro atoms. The standard InChI is InChI=1S/C13H16O7/c1-4-9(2)17-13(15)19-20-18-12(14)10-6-5-7-11(8-10)16-3/h5-9H,4H2,1-3H3. The minimum absolute atomic E-state index is 0.184. The van der Waals surface area contributed by atoms with Crippen LogP contribution in [0.2, 0.25) is 0 Å². The zero-order valence-electron chi connectivity index (χ0n) is 11.5. The quantitative estimate of drug-likeness (QED) is 0.451. The lowest BCUT2D eigenvalue weighted by Gasteiger charge is -2.08. The highest BCUT2D eigenvalue weighted by Crippen LogP contribution is 2.13. The molecular formula is C13H16O7. The highest BCUT2D eigenvalue weighted by Gasteiger charge is 2.14. The van der Waals surface area contributed by atoms with E-state index in [4.69, 9.17) is 9.47 Å². The van der Waals surface area contributed by atoms with E-state index in [-0.39, 0.29) is 11.7 Å². The molecule has 7 heteroatoms. The van der Waals surface area contributed by atoms with Crippen LogP contribution in [0.4, 0.5) is 4.79 Å². The van der Waals surface area contributed by atoms with Crippen molar-refractivity contribution in [1.29, 1.82) is 0 Å². The molecule has 1 atom stereocenters. The summed E-state index contributed by atoms with van der Waals surface area (Å²) in [6, 6.07) is 6.21. The summed E-state index contributed by atoms with van der Waals surface area (Å²) in [6.07, 6.45) is -0.781. The highest BCUT2D eigenvalue weighted by atomic mass is 17.5. The molecule has 0 heterocycles. The van der Waals surface area contributed by atoms with Crippen LogP contribution in [-0.2, 0) is 19.6 Å². The maximum atomic E-state index is 11.5. The molecule has 0 radical (unpaired) electrons. The van der Waals surface area contributed by atoms with Crippen molar-refractivity contribution >= 4 is 12.1 Å². The summed E-state index contributed by atoms with van der Waals surface area (Å²) in [5, 5.41) is 4.07. The number of hydrogen-bond acceptors (Lipinski definition) is 7. The molecule has 0 aromatic heterocycles. The van der Waals surface area contributed by atoms with Gasteiger partial charge < -0.3 is 9.47 Å². The number of hydrogen-bond donors (Lipinski definition) is 0. The molecule has 20 heavy (non-hydrogen) atoms. The third kappa shape index (κ3) is 5.15. The largest absolute Gasteiger partial charge is 0.543 e. The van der Waals surface area contributed by atoms with E-state index in [1.165, 1.54) is 19.2 Å². The second kappa shape index (κ2) is 8.00. The first-order valence-corrected chi connectivity index (χ1v) is 5.97. The summed E-state index contributed by atoms with van der Waals surface area (Å²) in [5.41, 5.74) is 0.184. The van der Waals surface area contributed by atoms with E-state index in [0.717, 1.165) is 0 Å². The Morgan fingerprint density at radius 3 is 2.65 bits per heavy atom. The van der Waals surface area contributed by atoms with Crippen LogP contribution in [0.25, 0.3) is 0 Å². The van der Waals surface area contributed by atoms with Crippen LogP contribution in [0.3, 0.4) is 0 Å². The number of methoxy groups -OCH3 is 1. The van der Waals surface area contributed by atoms with Gasteiger partial charge in [0.25, 0.3) is 0 Å². The van der Waals surface area contributed by atoms with E-state index in [1.807, 2.05) is 6.92 Å². The van der Waals surface area contributed by atoms with Crippen LogP contribution in [0.15, 0.2) is 24.3 Å². The van der Waals surface area contributed by atoms with Gasteiger partial charge in [-0.3, -0.25) is 4.89 Å². The van der Waals surface area contributed by atoms with Crippen LogP contribution in [0.1, 0.15) is 30.6 Å². The van der Waals surface area contributed by atoms with Gasteiger partial charge in [0.2, 0.25) is 0 Å². The Kier molecular flexibility index (Phi) is 6.31. The minimum Gasteiger partial charge on any atom is -0.497 e. The number of benzene rings is 1. The Bertz CT molecular complexity index is 458. The van der Waals surface area contributed by atoms with Crippen molar-refractivity contribution in [2.45, 2.75) is 26.4 Å². The van der Waals surface area contributed by atoms with Crippen LogP contribution in [-0.4, -0.2) is 25.3 Å². The van der Waals surface area contributed by atoms with Crippen LogP contribution in [0.5, 0.6) is 5.75 Å². The number of rotatable bonds is 6. The molecule has 7 nitrogen and oxygen atoms in total. The summed E-state index contributed by atoms with van der Waals surface area (Å²) in [5.74, 6) is -0.350. The van der Waals surface area contributed by atoms with Crippen molar-refractivity contribution in [2.24, 2.45) is 0 Å². The summed E-state index contributed by atoms with van der Waals surface area (Å²) < 4.78 is 9.68. The van der Waals surface area contributed by atoms with E-state index in [9.17, 15) is 9.59 Å². The Balaban J connectivity index is 2.38. The fourth-order valence-corrected chi connectivity index (χ4v) is 1.14. The van der Waals surface area contributed by atoms with Gasteiger partial charge in [-0.1, -0.05) is 13.0 Å². The fraction of sp³-hybridized carbons (Fsp3) is 0.385. The van der Waals surface area contributed by atoms with Crippen LogP contribution < -0.4 is 4.74 Å². The molecule has 0 aliphatic rings. The second-order valence-electron chi connectivity index (χ2n) is 3.84. The fourth-order valence-electron chi connectivity index (χ4n) is 1.14. The first-order valence-electron chi connectivity index (χ1n) is 5.97. The van der Waals surface area contributed by atoms with Crippen LogP contribution in [0, 0.1) is 0 Å². The Morgan fingerprint density at radius 2 is 2.00 bits per heavy atom. The van der Waals surface area contributed by atoms with Gasteiger partial charge in [-0.25, -0.2) is 14.5 Å². The topological polar surface area (TPSA) is 80.3 Å². The van der Waals surface area contributed by atoms with Gasteiger partial charge in [0.15, 0.2) is 0 Å². The zero-order valence-corrected chi connectivity index (χ0v) is 11.5. The predicted molar refractivity (Wildman–Crippen MR) is 66.8 cm³/mol. The van der Waals surface area contributed by atoms with Crippen molar-refractivity contribution in [3.05, 3.63) is 29.8 Å². The maximum absolute atomic E-state index is 11.5. The van der Waals surface area contributed by atoms with E-state index in [1.54, 1.807) is 19.1 Å². The summed E-state index contributed by atoms with van der Waals surface area (Å²) >= 11 is 0. The SMILES string of the molecule is CCC(C)OC(=O)OOOC(=O)c1cccc(OC)c1. The molecule has 0 fully saturated rings. The lowest BCUT2D eigenvalue weighted by Crippen LogP contribution is -2.16. The monoisotopic (exact) mass is 284 g/mol. The summed E-state index contributed by atoms with van der Waals surface area (Å²) in [6.45, 7) is 3.52. The van der Waals surface area contributed by atoms with Gasteiger partial charge in [-0.05, 0) is 31.5 Å². The third-order valence-corrected chi connectivity index (χ3v) is 2.39. The minimum atomic E-state index is -1.09. The van der Waals surface area contributed by atoms with Gasteiger partial charge in [-0.15, -0.1) is 0 Å². The molecule has 0 amide bonds. The number of ether oxygens (including phenoxy) is 2. The molecule has 110 valence electrons. The lowest BCUT2D eigenvalue weighted by molar-refractivity contribution is -0.452. The maximum Gasteiger partial charge on any atom is 0.543 e. The van der Waals surface area contributed by atoms with Crippen molar-refractivity contribution in [3.63, 3.8) is 0 Å². The molecule has 0 saturated heterocycles. The number of carbonyl (C=O) groups is 2. The first kappa shape index (κ1) is 15.8. The Hall–Kier alpha value is -2.28. The van der Waals surface area contributed by atoms with Gasteiger partial charge in [0.05, 0.1) is 17.7 Å². The van der Waals surface area contributed by atoms with Crippen LogP contribution >= 0.6 is 0 Å². The lowest BCUT2D eigenvalue weighted by atomic mass is 10.2. The molecule has 1 aromatic carbocycles. The average Bonchev–Trinajstić information content (AvgIpc) is 2.46. The molecule has 1 aromatic rings. The molecule has 0 aliphatic carbocycles. The van der Waals surface area contributed by atoms with E-state index >= 15 is 0 Å². The third-order valence-electron chi connectivity index (χ3n) is 2.39. The van der Waals surface area contributed by atoms with Crippen molar-refractivity contribution < 1.29 is 33.9 Å². The van der Waals surface area contributed by atoms with Crippen molar-refractivity contribution in [3.8, 4) is 5.75 Å². The molecule has 0 N–H and O–H groups in total. The van der Waals surface area contributed by atoms with Gasteiger partial charge in [-0.2, -0.15) is 0 Å². The highest BCUT2D eigenvalue weighted by molar-refractivity contribution is 5.89. The Morgan fingerprint density at radius 1 is 1.25 bits per heavy atom. The average molecular weight is 284 g/mol. The van der Waals surface area contributed by atoms with Gasteiger partial charge >= 0.3 is 12.1 Å². The molecule has 1 rings (SSSR count). The second-order valence-corrected chi connectivity index (χ2v) is 3.84. The van der Waals surface area contributed by atoms with E-state index < -0.39 is 12.1 Å². The normalized spacial score (nSPS) is 11.3. The van der Waals surface area contributed by atoms with Gasteiger partial charge in [0.1, 0.15) is 11.9 Å². The molecular weight excluding hydrogens is 268 g/mol. The molecule has 0 saturated carbocycles. The van der Waals surface area contributed by atoms with Crippen molar-refractivity contribution in [2.75, 3.05) is 7.11 Å². The smallest absolute Gasteiger partial charge is 0.497 e. The Labute approximate surface area is 116 Å². The molecule has 0 aliphatic heterocycles. The van der Waals surface area contributed by atoms with E-state index in [0.29, 0.717) is 12.2 Å². The molecule has 1 unspecified atom stereocenters. The summed E-state index contributed by atoms with van der Waals surface area (Å²) in [4.78, 5) is 31.0. The van der Waals surface area contributed by atoms with E-state index in [2.05, 4.69) is 14.8 Å².